The van der Waals surface area contributed by atoms with Crippen LogP contribution in [0.3, 0.4) is 0 Å². The summed E-state index contributed by atoms with van der Waals surface area (Å²) in [6.07, 6.45) is 0.371. The molecule has 0 aromatic heterocycles. The lowest BCUT2D eigenvalue weighted by Gasteiger charge is -2.18. The van der Waals surface area contributed by atoms with Crippen LogP contribution in [0.4, 0.5) is 10.5 Å². The number of carbonyl (C=O) groups excluding carboxylic acids is 5. The summed E-state index contributed by atoms with van der Waals surface area (Å²) in [5, 5.41) is 5.06. The largest absolute Gasteiger partial charge is 0.465 e. The minimum absolute atomic E-state index is 0.253. The monoisotopic (exact) mass is 405 g/mol. The van der Waals surface area contributed by atoms with E-state index in [4.69, 9.17) is 4.74 Å². The molecule has 0 unspecified atom stereocenters. The molecule has 1 aliphatic rings. The number of anilines is 1. The van der Waals surface area contributed by atoms with Gasteiger partial charge < -0.3 is 20.1 Å². The van der Waals surface area contributed by atoms with Crippen LogP contribution in [0.5, 0.6) is 0 Å². The highest BCUT2D eigenvalue weighted by atomic mass is 16.5. The van der Waals surface area contributed by atoms with Crippen molar-refractivity contribution in [2.45, 2.75) is 32.7 Å². The summed E-state index contributed by atoms with van der Waals surface area (Å²) in [7, 11) is 1.24. The molecule has 1 fully saturated rings. The van der Waals surface area contributed by atoms with Crippen LogP contribution in [0, 0.1) is 6.92 Å². The third-order valence-electron chi connectivity index (χ3n) is 4.64. The molecule has 1 aliphatic heterocycles. The molecule has 0 saturated carbocycles. The van der Waals surface area contributed by atoms with Gasteiger partial charge in [0.25, 0.3) is 11.8 Å². The summed E-state index contributed by atoms with van der Waals surface area (Å²) >= 11 is 0. The van der Waals surface area contributed by atoms with Gasteiger partial charge in [-0.25, -0.2) is 9.59 Å². The summed E-state index contributed by atoms with van der Waals surface area (Å²) in [4.78, 5) is 60.5. The van der Waals surface area contributed by atoms with Crippen LogP contribution in [-0.4, -0.2) is 60.5 Å². The number of nitrogens with zero attached hydrogens (tertiary/aromatic N) is 1. The number of hydrogen-bond acceptors (Lipinski definition) is 7. The first kappa shape index (κ1) is 21.9. The topological polar surface area (TPSA) is 131 Å². The van der Waals surface area contributed by atoms with Crippen LogP contribution < -0.4 is 10.6 Å². The molecule has 0 spiro atoms. The molecule has 1 atom stereocenters. The average Bonchev–Trinajstić information content (AvgIpc) is 2.91. The maximum Gasteiger partial charge on any atom is 0.337 e. The van der Waals surface area contributed by atoms with Gasteiger partial charge in [-0.1, -0.05) is 13.0 Å². The van der Waals surface area contributed by atoms with E-state index in [1.165, 1.54) is 13.2 Å². The number of esters is 2. The van der Waals surface area contributed by atoms with Gasteiger partial charge in [-0.15, -0.1) is 0 Å². The summed E-state index contributed by atoms with van der Waals surface area (Å²) in [6.45, 7) is 3.82. The van der Waals surface area contributed by atoms with Crippen molar-refractivity contribution < 1.29 is 33.4 Å². The number of imide groups is 1. The Kier molecular flexibility index (Phi) is 6.57. The second-order valence-corrected chi connectivity index (χ2v) is 6.74. The van der Waals surface area contributed by atoms with Crippen molar-refractivity contribution in [1.82, 2.24) is 10.2 Å². The Morgan fingerprint density at radius 1 is 1.24 bits per heavy atom. The highest BCUT2D eigenvalue weighted by Gasteiger charge is 2.47. The van der Waals surface area contributed by atoms with E-state index in [0.717, 1.165) is 4.90 Å². The Morgan fingerprint density at radius 3 is 2.52 bits per heavy atom. The van der Waals surface area contributed by atoms with Crippen molar-refractivity contribution in [3.05, 3.63) is 29.3 Å². The lowest BCUT2D eigenvalue weighted by molar-refractivity contribution is -0.150. The fraction of sp³-hybridized carbons (Fsp3) is 0.421. The van der Waals surface area contributed by atoms with E-state index in [2.05, 4.69) is 15.4 Å². The van der Waals surface area contributed by atoms with Gasteiger partial charge in [0.15, 0.2) is 6.61 Å². The summed E-state index contributed by atoms with van der Waals surface area (Å²) in [5.74, 6) is -2.62. The molecule has 10 nitrogen and oxygen atoms in total. The van der Waals surface area contributed by atoms with E-state index in [0.29, 0.717) is 17.7 Å². The normalized spacial score (nSPS) is 18.3. The van der Waals surface area contributed by atoms with Crippen molar-refractivity contribution in [2.24, 2.45) is 0 Å². The molecular formula is C19H23N3O7. The number of aryl methyl sites for hydroxylation is 1. The highest BCUT2D eigenvalue weighted by Crippen LogP contribution is 2.20. The minimum Gasteiger partial charge on any atom is -0.465 e. The summed E-state index contributed by atoms with van der Waals surface area (Å²) in [5.41, 5.74) is 0.247. The number of carbonyl (C=O) groups is 5. The Balaban J connectivity index is 1.91. The third-order valence-corrected chi connectivity index (χ3v) is 4.64. The van der Waals surface area contributed by atoms with Crippen LogP contribution in [0.1, 0.15) is 36.2 Å². The van der Waals surface area contributed by atoms with Crippen molar-refractivity contribution >= 4 is 35.5 Å². The standard InChI is InChI=1S/C19H23N3O7/c1-5-19(3)17(26)22(18(27)21-19)9-15(24)29-10-14(23)20-13-8-12(16(25)28-4)7-6-11(13)2/h6-8H,5,9-10H2,1-4H3,(H,20,23)(H,21,27)/t19-/m1/s1. The molecule has 1 heterocycles. The molecule has 1 aromatic rings. The number of methoxy groups -OCH3 is 1. The first-order valence-electron chi connectivity index (χ1n) is 8.90. The molecule has 0 radical (unpaired) electrons. The number of hydrogen-bond donors (Lipinski definition) is 2. The first-order chi connectivity index (χ1) is 13.6. The zero-order valence-corrected chi connectivity index (χ0v) is 16.7. The SMILES string of the molecule is CC[C@@]1(C)NC(=O)N(CC(=O)OCC(=O)Nc2cc(C(=O)OC)ccc2C)C1=O. The van der Waals surface area contributed by atoms with E-state index in [9.17, 15) is 24.0 Å². The van der Waals surface area contributed by atoms with Gasteiger partial charge in [0.2, 0.25) is 0 Å². The number of urea groups is 1. The van der Waals surface area contributed by atoms with Gasteiger partial charge in [0.1, 0.15) is 12.1 Å². The van der Waals surface area contributed by atoms with Crippen LogP contribution in [-0.2, 0) is 23.9 Å². The predicted octanol–water partition coefficient (Wildman–Crippen LogP) is 0.984. The highest BCUT2D eigenvalue weighted by molar-refractivity contribution is 6.08. The van der Waals surface area contributed by atoms with Gasteiger partial charge in [0, 0.05) is 5.69 Å². The van der Waals surface area contributed by atoms with Gasteiger partial charge in [-0.05, 0) is 38.0 Å². The van der Waals surface area contributed by atoms with Crippen LogP contribution >= 0.6 is 0 Å². The Labute approximate surface area is 167 Å². The van der Waals surface area contributed by atoms with Crippen molar-refractivity contribution in [2.75, 3.05) is 25.6 Å². The Hall–Kier alpha value is -3.43. The molecule has 29 heavy (non-hydrogen) atoms. The quantitative estimate of drug-likeness (QED) is 0.511. The number of ether oxygens (including phenoxy) is 2. The predicted molar refractivity (Wildman–Crippen MR) is 101 cm³/mol. The van der Waals surface area contributed by atoms with E-state index in [-0.39, 0.29) is 5.56 Å². The second kappa shape index (κ2) is 8.72. The summed E-state index contributed by atoms with van der Waals surface area (Å²) < 4.78 is 9.49. The fourth-order valence-electron chi connectivity index (χ4n) is 2.64. The van der Waals surface area contributed by atoms with Crippen molar-refractivity contribution in [1.29, 1.82) is 0 Å². The zero-order chi connectivity index (χ0) is 21.8. The molecule has 10 heteroatoms. The van der Waals surface area contributed by atoms with Crippen molar-refractivity contribution in [3.63, 3.8) is 0 Å². The number of nitrogens with one attached hydrogen (secondary N) is 2. The number of amides is 4. The van der Waals surface area contributed by atoms with Crippen LogP contribution in [0.2, 0.25) is 0 Å². The molecule has 2 N–H and O–H groups in total. The fourth-order valence-corrected chi connectivity index (χ4v) is 2.64. The Morgan fingerprint density at radius 2 is 1.93 bits per heavy atom. The lowest BCUT2D eigenvalue weighted by Crippen LogP contribution is -2.43. The van der Waals surface area contributed by atoms with Crippen molar-refractivity contribution in [3.8, 4) is 0 Å². The lowest BCUT2D eigenvalue weighted by atomic mass is 9.99. The minimum atomic E-state index is -1.06. The van der Waals surface area contributed by atoms with Crippen LogP contribution in [0.25, 0.3) is 0 Å². The maximum absolute atomic E-state index is 12.3. The number of benzene rings is 1. The molecular weight excluding hydrogens is 382 g/mol. The molecule has 0 aliphatic carbocycles. The van der Waals surface area contributed by atoms with E-state index in [1.807, 2.05) is 0 Å². The van der Waals surface area contributed by atoms with Crippen LogP contribution in [0.15, 0.2) is 18.2 Å². The molecule has 1 saturated heterocycles. The van der Waals surface area contributed by atoms with E-state index in [1.54, 1.807) is 32.9 Å². The van der Waals surface area contributed by atoms with E-state index >= 15 is 0 Å². The average molecular weight is 405 g/mol. The smallest absolute Gasteiger partial charge is 0.337 e. The first-order valence-corrected chi connectivity index (χ1v) is 8.90. The van der Waals surface area contributed by atoms with Gasteiger partial charge in [-0.2, -0.15) is 0 Å². The molecule has 2 rings (SSSR count). The molecule has 0 bridgehead atoms. The van der Waals surface area contributed by atoms with E-state index < -0.39 is 48.5 Å². The van der Waals surface area contributed by atoms with Gasteiger partial charge in [-0.3, -0.25) is 19.3 Å². The second-order valence-electron chi connectivity index (χ2n) is 6.74. The molecule has 4 amide bonds. The van der Waals surface area contributed by atoms with Gasteiger partial charge in [0.05, 0.1) is 12.7 Å². The summed E-state index contributed by atoms with van der Waals surface area (Å²) in [6, 6.07) is 3.95. The number of rotatable bonds is 7. The zero-order valence-electron chi connectivity index (χ0n) is 16.7. The van der Waals surface area contributed by atoms with Gasteiger partial charge >= 0.3 is 18.0 Å². The maximum atomic E-state index is 12.3. The molecule has 156 valence electrons. The Bertz CT molecular complexity index is 867. The molecule has 1 aromatic carbocycles. The third kappa shape index (κ3) is 4.89.